The van der Waals surface area contributed by atoms with E-state index in [1.165, 1.54) is 63.4 Å². The molecule has 0 N–H and O–H groups in total. The van der Waals surface area contributed by atoms with Crippen molar-refractivity contribution < 1.29 is 0 Å². The van der Waals surface area contributed by atoms with Crippen LogP contribution in [0.2, 0.25) is 0 Å². The minimum atomic E-state index is 0.270. The SMILES string of the molecule is C=CC(CCCCCCCC)C(CC)(CC)c1ccccc1. The summed E-state index contributed by atoms with van der Waals surface area (Å²) >= 11 is 0. The van der Waals surface area contributed by atoms with Gasteiger partial charge in [0.2, 0.25) is 0 Å². The van der Waals surface area contributed by atoms with Gasteiger partial charge in [-0.25, -0.2) is 0 Å². The van der Waals surface area contributed by atoms with E-state index in [-0.39, 0.29) is 5.41 Å². The van der Waals surface area contributed by atoms with E-state index in [1.807, 2.05) is 0 Å². The van der Waals surface area contributed by atoms with Crippen LogP contribution in [0.15, 0.2) is 43.0 Å². The van der Waals surface area contributed by atoms with Crippen molar-refractivity contribution >= 4 is 0 Å². The molecule has 0 bridgehead atoms. The third-order valence-electron chi connectivity index (χ3n) is 5.47. The van der Waals surface area contributed by atoms with E-state index in [2.05, 4.69) is 63.8 Å². The molecule has 0 heterocycles. The summed E-state index contributed by atoms with van der Waals surface area (Å²) in [6.07, 6.45) is 14.1. The Balaban J connectivity index is 2.69. The lowest BCUT2D eigenvalue weighted by Crippen LogP contribution is -2.33. The molecule has 0 fully saturated rings. The molecule has 0 spiro atoms. The van der Waals surface area contributed by atoms with E-state index >= 15 is 0 Å². The van der Waals surface area contributed by atoms with Crippen molar-refractivity contribution in [1.82, 2.24) is 0 Å². The molecule has 0 aromatic heterocycles. The number of hydrogen-bond donors (Lipinski definition) is 0. The second-order valence-corrected chi connectivity index (χ2v) is 6.63. The van der Waals surface area contributed by atoms with Crippen molar-refractivity contribution in [3.8, 4) is 0 Å². The van der Waals surface area contributed by atoms with Gasteiger partial charge in [0, 0.05) is 5.41 Å². The fourth-order valence-electron chi connectivity index (χ4n) is 3.93. The van der Waals surface area contributed by atoms with Gasteiger partial charge in [-0.05, 0) is 30.7 Å². The standard InChI is InChI=1S/C22H36/c1-5-9-10-11-12-14-17-20(6-2)22(7-3,8-4)21-18-15-13-16-19-21/h6,13,15-16,18-20H,2,5,7-12,14,17H2,1,3-4H3. The van der Waals surface area contributed by atoms with Crippen molar-refractivity contribution in [1.29, 1.82) is 0 Å². The van der Waals surface area contributed by atoms with Gasteiger partial charge >= 0.3 is 0 Å². The van der Waals surface area contributed by atoms with Crippen molar-refractivity contribution in [2.24, 2.45) is 5.92 Å². The predicted octanol–water partition coefficient (Wildman–Crippen LogP) is 7.30. The van der Waals surface area contributed by atoms with Gasteiger partial charge in [0.15, 0.2) is 0 Å². The van der Waals surface area contributed by atoms with E-state index in [4.69, 9.17) is 0 Å². The zero-order chi connectivity index (χ0) is 16.3. The summed E-state index contributed by atoms with van der Waals surface area (Å²) in [7, 11) is 0. The van der Waals surface area contributed by atoms with Gasteiger partial charge in [0.1, 0.15) is 0 Å². The Morgan fingerprint density at radius 2 is 1.50 bits per heavy atom. The normalized spacial score (nSPS) is 13.0. The lowest BCUT2D eigenvalue weighted by atomic mass is 9.65. The van der Waals surface area contributed by atoms with Gasteiger partial charge in [-0.2, -0.15) is 0 Å². The molecule has 0 amide bonds. The third kappa shape index (κ3) is 5.00. The molecule has 1 aromatic carbocycles. The third-order valence-corrected chi connectivity index (χ3v) is 5.47. The molecule has 0 radical (unpaired) electrons. The Kier molecular flexibility index (Phi) is 9.20. The van der Waals surface area contributed by atoms with E-state index < -0.39 is 0 Å². The summed E-state index contributed by atoms with van der Waals surface area (Å²) in [4.78, 5) is 0. The van der Waals surface area contributed by atoms with Crippen LogP contribution in [-0.2, 0) is 5.41 Å². The van der Waals surface area contributed by atoms with E-state index in [9.17, 15) is 0 Å². The van der Waals surface area contributed by atoms with Crippen LogP contribution in [0.4, 0.5) is 0 Å². The highest BCUT2D eigenvalue weighted by Crippen LogP contribution is 2.42. The molecular formula is C22H36. The van der Waals surface area contributed by atoms with Crippen LogP contribution in [0.5, 0.6) is 0 Å². The van der Waals surface area contributed by atoms with Gasteiger partial charge in [-0.3, -0.25) is 0 Å². The molecule has 0 saturated carbocycles. The lowest BCUT2D eigenvalue weighted by molar-refractivity contribution is 0.273. The smallest absolute Gasteiger partial charge is 0.00104 e. The molecule has 0 aliphatic carbocycles. The van der Waals surface area contributed by atoms with E-state index in [0.717, 1.165) is 0 Å². The van der Waals surface area contributed by atoms with Crippen molar-refractivity contribution in [3.63, 3.8) is 0 Å². The van der Waals surface area contributed by atoms with Crippen LogP contribution in [0.1, 0.15) is 84.1 Å². The molecule has 0 saturated heterocycles. The highest BCUT2D eigenvalue weighted by molar-refractivity contribution is 5.27. The first-order valence-electron chi connectivity index (χ1n) is 9.43. The maximum Gasteiger partial charge on any atom is 0.00104 e. The number of rotatable bonds is 12. The Hall–Kier alpha value is -1.04. The Labute approximate surface area is 139 Å². The molecule has 22 heavy (non-hydrogen) atoms. The van der Waals surface area contributed by atoms with Crippen LogP contribution in [0.3, 0.4) is 0 Å². The Morgan fingerprint density at radius 3 is 2.05 bits per heavy atom. The van der Waals surface area contributed by atoms with Gasteiger partial charge in [0.25, 0.3) is 0 Å². The molecule has 0 aliphatic rings. The van der Waals surface area contributed by atoms with Crippen molar-refractivity contribution in [2.45, 2.75) is 84.0 Å². The van der Waals surface area contributed by atoms with Crippen molar-refractivity contribution in [2.75, 3.05) is 0 Å². The summed E-state index contributed by atoms with van der Waals surface area (Å²) in [6.45, 7) is 11.1. The van der Waals surface area contributed by atoms with Gasteiger partial charge < -0.3 is 0 Å². The number of hydrogen-bond acceptors (Lipinski definition) is 0. The van der Waals surface area contributed by atoms with Crippen LogP contribution in [-0.4, -0.2) is 0 Å². The van der Waals surface area contributed by atoms with Crippen LogP contribution in [0.25, 0.3) is 0 Å². The quantitative estimate of drug-likeness (QED) is 0.280. The van der Waals surface area contributed by atoms with Crippen LogP contribution >= 0.6 is 0 Å². The minimum absolute atomic E-state index is 0.270. The monoisotopic (exact) mass is 300 g/mol. The Bertz CT molecular complexity index is 386. The average molecular weight is 301 g/mol. The molecule has 1 unspecified atom stereocenters. The first kappa shape index (κ1) is 19.0. The highest BCUT2D eigenvalue weighted by atomic mass is 14.4. The predicted molar refractivity (Wildman–Crippen MR) is 100 cm³/mol. The first-order chi connectivity index (χ1) is 10.7. The highest BCUT2D eigenvalue weighted by Gasteiger charge is 2.34. The molecule has 1 atom stereocenters. The molecule has 124 valence electrons. The molecule has 1 aromatic rings. The topological polar surface area (TPSA) is 0 Å². The zero-order valence-electron chi connectivity index (χ0n) is 15.1. The summed E-state index contributed by atoms with van der Waals surface area (Å²) in [6, 6.07) is 11.1. The summed E-state index contributed by atoms with van der Waals surface area (Å²) in [5.41, 5.74) is 1.77. The van der Waals surface area contributed by atoms with Crippen molar-refractivity contribution in [3.05, 3.63) is 48.6 Å². The van der Waals surface area contributed by atoms with E-state index in [1.54, 1.807) is 0 Å². The average Bonchev–Trinajstić information content (AvgIpc) is 2.58. The lowest BCUT2D eigenvalue weighted by Gasteiger charge is -2.39. The maximum atomic E-state index is 4.18. The molecular weight excluding hydrogens is 264 g/mol. The van der Waals surface area contributed by atoms with Gasteiger partial charge in [-0.1, -0.05) is 95.7 Å². The largest absolute Gasteiger partial charge is 0.103 e. The number of unbranched alkanes of at least 4 members (excludes halogenated alkanes) is 5. The maximum absolute atomic E-state index is 4.18. The molecule has 1 rings (SSSR count). The number of allylic oxidation sites excluding steroid dienone is 1. The second kappa shape index (κ2) is 10.6. The second-order valence-electron chi connectivity index (χ2n) is 6.63. The van der Waals surface area contributed by atoms with Crippen LogP contribution in [0, 0.1) is 5.92 Å². The molecule has 0 heteroatoms. The van der Waals surface area contributed by atoms with Gasteiger partial charge in [0.05, 0.1) is 0 Å². The number of benzene rings is 1. The molecule has 0 nitrogen and oxygen atoms in total. The summed E-state index contributed by atoms with van der Waals surface area (Å²) in [5.74, 6) is 0.594. The molecule has 0 aliphatic heterocycles. The fraction of sp³-hybridized carbons (Fsp3) is 0.636. The first-order valence-corrected chi connectivity index (χ1v) is 9.43. The summed E-state index contributed by atoms with van der Waals surface area (Å²) in [5, 5.41) is 0. The van der Waals surface area contributed by atoms with Crippen LogP contribution < -0.4 is 0 Å². The Morgan fingerprint density at radius 1 is 0.909 bits per heavy atom. The fourth-order valence-corrected chi connectivity index (χ4v) is 3.93. The minimum Gasteiger partial charge on any atom is -0.103 e. The van der Waals surface area contributed by atoms with E-state index in [0.29, 0.717) is 5.92 Å². The van der Waals surface area contributed by atoms with Gasteiger partial charge in [-0.15, -0.1) is 6.58 Å². The zero-order valence-corrected chi connectivity index (χ0v) is 15.1. The summed E-state index contributed by atoms with van der Waals surface area (Å²) < 4.78 is 0.